The average molecular weight is 382 g/mol. The van der Waals surface area contributed by atoms with Gasteiger partial charge in [-0.3, -0.25) is 14.5 Å². The van der Waals surface area contributed by atoms with Crippen LogP contribution in [0.3, 0.4) is 0 Å². The van der Waals surface area contributed by atoms with E-state index in [1.54, 1.807) is 31.4 Å². The lowest BCUT2D eigenvalue weighted by atomic mass is 10.1. The van der Waals surface area contributed by atoms with E-state index >= 15 is 0 Å². The molecule has 0 unspecified atom stereocenters. The molecule has 4 amide bonds. The lowest BCUT2D eigenvalue weighted by molar-refractivity contribution is 0.0638. The Morgan fingerprint density at radius 1 is 1.07 bits per heavy atom. The smallest absolute Gasteiger partial charge is 0.323 e. The van der Waals surface area contributed by atoms with Crippen molar-refractivity contribution in [3.63, 3.8) is 0 Å². The highest BCUT2D eigenvalue weighted by atomic mass is 16.5. The number of nitrogens with two attached hydrogens (primary N) is 1. The second kappa shape index (κ2) is 8.10. The predicted octanol–water partition coefficient (Wildman–Crippen LogP) is 2.85. The molecule has 4 N–H and O–H groups in total. The molecule has 28 heavy (non-hydrogen) atoms. The number of nitrogens with zero attached hydrogens (tertiary/aromatic N) is 1. The van der Waals surface area contributed by atoms with Gasteiger partial charge in [0, 0.05) is 25.9 Å². The van der Waals surface area contributed by atoms with Crippen LogP contribution in [0.1, 0.15) is 32.7 Å². The summed E-state index contributed by atoms with van der Waals surface area (Å²) in [7, 11) is 1.57. The maximum Gasteiger partial charge on any atom is 0.323 e. The Morgan fingerprint density at radius 2 is 1.82 bits per heavy atom. The molecule has 0 atom stereocenters. The van der Waals surface area contributed by atoms with Crippen molar-refractivity contribution in [1.82, 2.24) is 4.90 Å². The Balaban J connectivity index is 1.71. The van der Waals surface area contributed by atoms with Gasteiger partial charge >= 0.3 is 6.03 Å². The molecule has 0 aliphatic carbocycles. The zero-order valence-electron chi connectivity index (χ0n) is 15.7. The van der Waals surface area contributed by atoms with Gasteiger partial charge in [-0.2, -0.15) is 0 Å². The van der Waals surface area contributed by atoms with Gasteiger partial charge in [-0.05, 0) is 49.2 Å². The van der Waals surface area contributed by atoms with E-state index in [2.05, 4.69) is 10.6 Å². The van der Waals surface area contributed by atoms with Crippen LogP contribution in [0, 0.1) is 6.92 Å². The molecule has 0 aromatic heterocycles. The summed E-state index contributed by atoms with van der Waals surface area (Å²) in [6.45, 7) is 2.64. The molecule has 0 bridgehead atoms. The van der Waals surface area contributed by atoms with Crippen LogP contribution < -0.4 is 16.4 Å². The third-order valence-corrected chi connectivity index (χ3v) is 4.42. The van der Waals surface area contributed by atoms with Crippen molar-refractivity contribution < 1.29 is 19.1 Å². The van der Waals surface area contributed by atoms with Gasteiger partial charge in [-0.1, -0.05) is 6.07 Å². The second-order valence-electron chi connectivity index (χ2n) is 6.54. The highest BCUT2D eigenvalue weighted by molar-refractivity contribution is 6.22. The summed E-state index contributed by atoms with van der Waals surface area (Å²) in [6, 6.07) is 9.46. The molecule has 0 spiro atoms. The van der Waals surface area contributed by atoms with E-state index in [1.165, 1.54) is 11.0 Å². The monoisotopic (exact) mass is 382 g/mol. The number of rotatable bonds is 6. The first kappa shape index (κ1) is 19.4. The number of nitrogen functional groups attached to an aromatic ring is 1. The number of aryl methyl sites for hydroxylation is 1. The van der Waals surface area contributed by atoms with Crippen LogP contribution in [0.25, 0.3) is 0 Å². The summed E-state index contributed by atoms with van der Waals surface area (Å²) in [5, 5.41) is 5.34. The summed E-state index contributed by atoms with van der Waals surface area (Å²) >= 11 is 0. The third-order valence-electron chi connectivity index (χ3n) is 4.42. The van der Waals surface area contributed by atoms with E-state index < -0.39 is 6.03 Å². The normalized spacial score (nSPS) is 12.9. The fourth-order valence-corrected chi connectivity index (χ4v) is 3.00. The molecule has 0 fully saturated rings. The standard InChI is InChI=1S/C20H22N4O4/c1-12-4-7-16(21)17(10-12)23-20(27)22-13-5-6-14-15(11-13)19(26)24(18(14)25)8-3-9-28-2/h4-7,10-11H,3,8-9,21H2,1-2H3,(H2,22,23,27). The molecule has 3 rings (SSSR count). The summed E-state index contributed by atoms with van der Waals surface area (Å²) in [4.78, 5) is 38.4. The van der Waals surface area contributed by atoms with Crippen LogP contribution >= 0.6 is 0 Å². The number of benzene rings is 2. The summed E-state index contributed by atoms with van der Waals surface area (Å²) in [5.74, 6) is -0.706. The summed E-state index contributed by atoms with van der Waals surface area (Å²) in [5.41, 5.74) is 8.77. The van der Waals surface area contributed by atoms with Gasteiger partial charge in [0.2, 0.25) is 0 Å². The van der Waals surface area contributed by atoms with Crippen molar-refractivity contribution in [3.8, 4) is 0 Å². The number of anilines is 3. The number of ether oxygens (including phenoxy) is 1. The number of carbonyl (C=O) groups is 3. The lowest BCUT2D eigenvalue weighted by Gasteiger charge is -2.12. The van der Waals surface area contributed by atoms with E-state index in [9.17, 15) is 14.4 Å². The fraction of sp³-hybridized carbons (Fsp3) is 0.250. The topological polar surface area (TPSA) is 114 Å². The Morgan fingerprint density at radius 3 is 2.57 bits per heavy atom. The van der Waals surface area contributed by atoms with Gasteiger partial charge in [-0.25, -0.2) is 4.79 Å². The minimum Gasteiger partial charge on any atom is -0.397 e. The molecule has 2 aromatic carbocycles. The number of fused-ring (bicyclic) bond motifs is 1. The minimum atomic E-state index is -0.494. The van der Waals surface area contributed by atoms with Crippen LogP contribution in [0.15, 0.2) is 36.4 Å². The summed E-state index contributed by atoms with van der Waals surface area (Å²) < 4.78 is 4.96. The van der Waals surface area contributed by atoms with Crippen molar-refractivity contribution in [2.75, 3.05) is 36.6 Å². The molecule has 8 nitrogen and oxygen atoms in total. The van der Waals surface area contributed by atoms with Gasteiger partial charge in [0.05, 0.1) is 22.5 Å². The Hall–Kier alpha value is -3.39. The SMILES string of the molecule is COCCCN1C(=O)c2ccc(NC(=O)Nc3cc(C)ccc3N)cc2C1=O. The Bertz CT molecular complexity index is 942. The van der Waals surface area contributed by atoms with Crippen LogP contribution in [0.4, 0.5) is 21.9 Å². The van der Waals surface area contributed by atoms with Crippen molar-refractivity contribution >= 4 is 34.9 Å². The molecule has 146 valence electrons. The van der Waals surface area contributed by atoms with E-state index in [4.69, 9.17) is 10.5 Å². The number of imide groups is 1. The molecule has 1 heterocycles. The van der Waals surface area contributed by atoms with Crippen molar-refractivity contribution in [2.24, 2.45) is 0 Å². The van der Waals surface area contributed by atoms with Gasteiger partial charge in [0.15, 0.2) is 0 Å². The minimum absolute atomic E-state index is 0.273. The Labute approximate surface area is 162 Å². The number of amides is 4. The number of carbonyl (C=O) groups excluding carboxylic acids is 3. The molecular weight excluding hydrogens is 360 g/mol. The van der Waals surface area contributed by atoms with E-state index in [0.717, 1.165) is 5.56 Å². The molecule has 0 saturated carbocycles. The first-order valence-corrected chi connectivity index (χ1v) is 8.84. The van der Waals surface area contributed by atoms with E-state index in [-0.39, 0.29) is 23.9 Å². The highest BCUT2D eigenvalue weighted by Crippen LogP contribution is 2.26. The van der Waals surface area contributed by atoms with Crippen molar-refractivity contribution in [2.45, 2.75) is 13.3 Å². The quantitative estimate of drug-likeness (QED) is 0.404. The number of nitrogens with one attached hydrogen (secondary N) is 2. The van der Waals surface area contributed by atoms with Crippen LogP contribution in [0.5, 0.6) is 0 Å². The number of urea groups is 1. The molecule has 2 aromatic rings. The fourth-order valence-electron chi connectivity index (χ4n) is 3.00. The molecular formula is C20H22N4O4. The molecule has 1 aliphatic rings. The van der Waals surface area contributed by atoms with Gasteiger partial charge < -0.3 is 21.1 Å². The Kier molecular flexibility index (Phi) is 5.60. The number of methoxy groups -OCH3 is 1. The van der Waals surface area contributed by atoms with Crippen LogP contribution in [0.2, 0.25) is 0 Å². The maximum atomic E-state index is 12.5. The zero-order chi connectivity index (χ0) is 20.3. The van der Waals surface area contributed by atoms with Gasteiger partial charge in [0.1, 0.15) is 0 Å². The first-order valence-electron chi connectivity index (χ1n) is 8.84. The number of hydrogen-bond donors (Lipinski definition) is 3. The van der Waals surface area contributed by atoms with Gasteiger partial charge in [0.25, 0.3) is 11.8 Å². The lowest BCUT2D eigenvalue weighted by Crippen LogP contribution is -2.31. The zero-order valence-corrected chi connectivity index (χ0v) is 15.7. The molecule has 0 radical (unpaired) electrons. The first-order chi connectivity index (χ1) is 13.4. The van der Waals surface area contributed by atoms with E-state index in [1.807, 2.05) is 13.0 Å². The number of hydrogen-bond acceptors (Lipinski definition) is 5. The van der Waals surface area contributed by atoms with Crippen LogP contribution in [-0.2, 0) is 4.74 Å². The van der Waals surface area contributed by atoms with Crippen molar-refractivity contribution in [1.29, 1.82) is 0 Å². The van der Waals surface area contributed by atoms with E-state index in [0.29, 0.717) is 35.7 Å². The molecule has 0 saturated heterocycles. The summed E-state index contributed by atoms with van der Waals surface area (Å²) in [6.07, 6.45) is 0.563. The van der Waals surface area contributed by atoms with Crippen molar-refractivity contribution in [3.05, 3.63) is 53.1 Å². The second-order valence-corrected chi connectivity index (χ2v) is 6.54. The third kappa shape index (κ3) is 3.96. The van der Waals surface area contributed by atoms with Crippen LogP contribution in [-0.4, -0.2) is 43.0 Å². The highest BCUT2D eigenvalue weighted by Gasteiger charge is 2.35. The van der Waals surface area contributed by atoms with Gasteiger partial charge in [-0.15, -0.1) is 0 Å². The molecule has 8 heteroatoms. The average Bonchev–Trinajstić information content (AvgIpc) is 2.89. The maximum absolute atomic E-state index is 12.5. The largest absolute Gasteiger partial charge is 0.397 e. The molecule has 1 aliphatic heterocycles. The predicted molar refractivity (Wildman–Crippen MR) is 107 cm³/mol.